The van der Waals surface area contributed by atoms with Crippen molar-refractivity contribution in [3.05, 3.63) is 53.4 Å². The molecule has 6 nitrogen and oxygen atoms in total. The van der Waals surface area contributed by atoms with E-state index in [2.05, 4.69) is 17.4 Å². The van der Waals surface area contributed by atoms with E-state index >= 15 is 0 Å². The molecule has 2 heterocycles. The van der Waals surface area contributed by atoms with Gasteiger partial charge in [-0.3, -0.25) is 4.79 Å². The van der Waals surface area contributed by atoms with Crippen LogP contribution in [0.25, 0.3) is 21.9 Å². The normalized spacial score (nSPS) is 28.8. The number of aryl methyl sites for hydroxylation is 2. The van der Waals surface area contributed by atoms with Crippen LogP contribution in [0.4, 0.5) is 5.69 Å². The number of carbonyl (C=O) groups is 1. The summed E-state index contributed by atoms with van der Waals surface area (Å²) in [6.07, 6.45) is 7.56. The number of nitrogens with zero attached hydrogens (tertiary/aromatic N) is 1. The molecule has 186 valence electrons. The predicted molar refractivity (Wildman–Crippen MR) is 138 cm³/mol. The third-order valence-corrected chi connectivity index (χ3v) is 9.25. The molecule has 0 spiro atoms. The summed E-state index contributed by atoms with van der Waals surface area (Å²) in [6, 6.07) is 11.8. The highest BCUT2D eigenvalue weighted by molar-refractivity contribution is 6.07. The Hall–Kier alpha value is -3.28. The second-order valence-electron chi connectivity index (χ2n) is 11.8. The van der Waals surface area contributed by atoms with Crippen molar-refractivity contribution in [2.75, 3.05) is 12.4 Å². The summed E-state index contributed by atoms with van der Waals surface area (Å²) in [5, 5.41) is 9.52. The molecule has 4 bridgehead atoms. The second-order valence-corrected chi connectivity index (χ2v) is 11.8. The van der Waals surface area contributed by atoms with Crippen LogP contribution in [0.1, 0.15) is 62.0 Å². The standard InChI is InChI=1S/C30H32N2O4/c1-17-28(18(2)36-32-17)30-13-19-8-20(14-30)12-29(11-19,16-30)15-27(33)31-23-10-25-22(9-26(23)34-3)21-6-4-5-7-24(21)35-25/h4-7,9-10,19-20H,8,11-16H2,1-3H3,(H,31,33)/t19-,20-,29?,30?/m0/s1. The Morgan fingerprint density at radius 1 is 1.08 bits per heavy atom. The van der Waals surface area contributed by atoms with Gasteiger partial charge in [-0.05, 0) is 81.8 Å². The number of furan rings is 1. The molecule has 4 aliphatic carbocycles. The van der Waals surface area contributed by atoms with E-state index in [9.17, 15) is 4.79 Å². The number of methoxy groups -OCH3 is 1. The van der Waals surface area contributed by atoms with Gasteiger partial charge in [0.2, 0.25) is 5.91 Å². The first-order valence-electron chi connectivity index (χ1n) is 13.1. The van der Waals surface area contributed by atoms with E-state index in [1.807, 2.05) is 43.3 Å². The van der Waals surface area contributed by atoms with Crippen LogP contribution >= 0.6 is 0 Å². The lowest BCUT2D eigenvalue weighted by Gasteiger charge is -2.62. The van der Waals surface area contributed by atoms with Gasteiger partial charge in [0.05, 0.1) is 18.5 Å². The van der Waals surface area contributed by atoms with Crippen LogP contribution in [0.3, 0.4) is 0 Å². The van der Waals surface area contributed by atoms with Crippen molar-refractivity contribution in [1.29, 1.82) is 0 Å². The minimum Gasteiger partial charge on any atom is -0.495 e. The lowest BCUT2D eigenvalue weighted by Crippen LogP contribution is -2.55. The van der Waals surface area contributed by atoms with E-state index in [1.54, 1.807) is 7.11 Å². The highest BCUT2D eigenvalue weighted by Crippen LogP contribution is 2.67. The van der Waals surface area contributed by atoms with Gasteiger partial charge in [0, 0.05) is 34.2 Å². The molecule has 6 heteroatoms. The quantitative estimate of drug-likeness (QED) is 0.328. The van der Waals surface area contributed by atoms with Crippen LogP contribution in [0.2, 0.25) is 0 Å². The fourth-order valence-electron chi connectivity index (χ4n) is 8.74. The summed E-state index contributed by atoms with van der Waals surface area (Å²) in [4.78, 5) is 13.6. The molecular weight excluding hydrogens is 452 g/mol. The maximum absolute atomic E-state index is 13.6. The molecule has 36 heavy (non-hydrogen) atoms. The van der Waals surface area contributed by atoms with E-state index in [1.165, 1.54) is 24.8 Å². The molecule has 4 aliphatic rings. The fourth-order valence-corrected chi connectivity index (χ4v) is 8.74. The van der Waals surface area contributed by atoms with Crippen molar-refractivity contribution in [3.63, 3.8) is 0 Å². The molecule has 4 fully saturated rings. The zero-order chi connectivity index (χ0) is 24.7. The minimum absolute atomic E-state index is 0.0288. The van der Waals surface area contributed by atoms with Crippen molar-refractivity contribution >= 4 is 33.5 Å². The second kappa shape index (κ2) is 7.61. The third-order valence-electron chi connectivity index (χ3n) is 9.25. The van der Waals surface area contributed by atoms with Gasteiger partial charge < -0.3 is 19.0 Å². The van der Waals surface area contributed by atoms with Crippen LogP contribution in [-0.4, -0.2) is 18.2 Å². The zero-order valence-electron chi connectivity index (χ0n) is 21.1. The fraction of sp³-hybridized carbons (Fsp3) is 0.467. The predicted octanol–water partition coefficient (Wildman–Crippen LogP) is 7.07. The number of ether oxygens (including phenoxy) is 1. The van der Waals surface area contributed by atoms with Gasteiger partial charge in [0.1, 0.15) is 22.7 Å². The number of anilines is 1. The first-order chi connectivity index (χ1) is 17.4. The average molecular weight is 485 g/mol. The number of nitrogens with one attached hydrogen (secondary N) is 1. The van der Waals surface area contributed by atoms with Gasteiger partial charge in [-0.15, -0.1) is 0 Å². The number of benzene rings is 2. The first kappa shape index (κ1) is 22.0. The molecule has 1 amide bonds. The van der Waals surface area contributed by atoms with Crippen molar-refractivity contribution < 1.29 is 18.5 Å². The zero-order valence-corrected chi connectivity index (χ0v) is 21.1. The van der Waals surface area contributed by atoms with Crippen LogP contribution in [-0.2, 0) is 10.2 Å². The summed E-state index contributed by atoms with van der Waals surface area (Å²) < 4.78 is 17.4. The largest absolute Gasteiger partial charge is 0.495 e. The number of para-hydroxylation sites is 1. The lowest BCUT2D eigenvalue weighted by atomic mass is 9.42. The van der Waals surface area contributed by atoms with Gasteiger partial charge in [-0.25, -0.2) is 0 Å². The van der Waals surface area contributed by atoms with E-state index in [0.29, 0.717) is 29.7 Å². The van der Waals surface area contributed by atoms with Crippen LogP contribution in [0.15, 0.2) is 45.3 Å². The summed E-state index contributed by atoms with van der Waals surface area (Å²) >= 11 is 0. The molecule has 0 saturated heterocycles. The number of fused-ring (bicyclic) bond motifs is 3. The number of rotatable bonds is 5. The van der Waals surface area contributed by atoms with Gasteiger partial charge in [0.15, 0.2) is 0 Å². The number of amides is 1. The Bertz CT molecular complexity index is 1480. The van der Waals surface area contributed by atoms with Crippen molar-refractivity contribution in [3.8, 4) is 5.75 Å². The smallest absolute Gasteiger partial charge is 0.225 e. The lowest BCUT2D eigenvalue weighted by molar-refractivity contribution is -0.126. The topological polar surface area (TPSA) is 77.5 Å². The van der Waals surface area contributed by atoms with Crippen LogP contribution < -0.4 is 10.1 Å². The number of hydrogen-bond acceptors (Lipinski definition) is 5. The Labute approximate surface area is 210 Å². The summed E-state index contributed by atoms with van der Waals surface area (Å²) in [6.45, 7) is 4.12. The van der Waals surface area contributed by atoms with Crippen LogP contribution in [0, 0.1) is 31.1 Å². The Balaban J connectivity index is 1.19. The van der Waals surface area contributed by atoms with E-state index in [-0.39, 0.29) is 16.7 Å². The Morgan fingerprint density at radius 3 is 2.58 bits per heavy atom. The molecule has 4 aromatic rings. The molecule has 0 radical (unpaired) electrons. The average Bonchev–Trinajstić information content (AvgIpc) is 3.35. The molecule has 8 rings (SSSR count). The van der Waals surface area contributed by atoms with Gasteiger partial charge in [-0.1, -0.05) is 23.4 Å². The molecule has 0 aliphatic heterocycles. The molecule has 2 aromatic heterocycles. The van der Waals surface area contributed by atoms with Crippen molar-refractivity contribution in [2.45, 2.75) is 64.2 Å². The summed E-state index contributed by atoms with van der Waals surface area (Å²) in [7, 11) is 1.64. The summed E-state index contributed by atoms with van der Waals surface area (Å²) in [5.41, 5.74) is 4.72. The molecular formula is C30H32N2O4. The van der Waals surface area contributed by atoms with Crippen LogP contribution in [0.5, 0.6) is 5.75 Å². The molecule has 2 aromatic carbocycles. The third kappa shape index (κ3) is 3.23. The number of carbonyl (C=O) groups excluding carboxylic acids is 1. The first-order valence-corrected chi connectivity index (χ1v) is 13.1. The van der Waals surface area contributed by atoms with E-state index in [4.69, 9.17) is 13.7 Å². The molecule has 1 N–H and O–H groups in total. The Kier molecular flexibility index (Phi) is 4.64. The monoisotopic (exact) mass is 484 g/mol. The van der Waals surface area contributed by atoms with E-state index in [0.717, 1.165) is 52.7 Å². The van der Waals surface area contributed by atoms with Gasteiger partial charge in [0.25, 0.3) is 0 Å². The highest BCUT2D eigenvalue weighted by Gasteiger charge is 2.59. The SMILES string of the molecule is COc1cc2c(cc1NC(=O)CC13C[C@@H]4C[C@@H](C1)CC(c1c(C)noc1C)(C4)C3)oc1ccccc12. The van der Waals surface area contributed by atoms with E-state index < -0.39 is 0 Å². The number of aromatic nitrogens is 1. The van der Waals surface area contributed by atoms with Crippen molar-refractivity contribution in [1.82, 2.24) is 5.16 Å². The van der Waals surface area contributed by atoms with Crippen molar-refractivity contribution in [2.24, 2.45) is 17.3 Å². The maximum atomic E-state index is 13.6. The molecule has 4 saturated carbocycles. The summed E-state index contributed by atoms with van der Waals surface area (Å²) in [5.74, 6) is 3.01. The number of hydrogen-bond donors (Lipinski definition) is 1. The minimum atomic E-state index is 0.0288. The maximum Gasteiger partial charge on any atom is 0.225 e. The molecule has 0 unspecified atom stereocenters. The highest BCUT2D eigenvalue weighted by atomic mass is 16.5. The Morgan fingerprint density at radius 2 is 1.86 bits per heavy atom. The molecule has 2 atom stereocenters. The van der Waals surface area contributed by atoms with Gasteiger partial charge in [-0.2, -0.15) is 0 Å². The van der Waals surface area contributed by atoms with Gasteiger partial charge >= 0.3 is 0 Å².